The van der Waals surface area contributed by atoms with Crippen molar-refractivity contribution in [2.75, 3.05) is 0 Å². The molecule has 1 saturated heterocycles. The Balaban J connectivity index is 1.15. The zero-order valence-electron chi connectivity index (χ0n) is 27.8. The molecule has 1 aromatic heterocycles. The second-order valence-corrected chi connectivity index (χ2v) is 14.9. The maximum Gasteiger partial charge on any atom is 0.0862 e. The predicted octanol–water partition coefficient (Wildman–Crippen LogP) is 9.19. The lowest BCUT2D eigenvalue weighted by atomic mass is 9.64. The average Bonchev–Trinajstić information content (AvgIpc) is 3.63. The number of aromatic amines is 1. The highest BCUT2D eigenvalue weighted by atomic mass is 15.4. The van der Waals surface area contributed by atoms with Crippen molar-refractivity contribution < 1.29 is 0 Å². The van der Waals surface area contributed by atoms with E-state index in [0.717, 1.165) is 32.1 Å². The Morgan fingerprint density at radius 2 is 1.65 bits per heavy atom. The molecule has 0 saturated carbocycles. The number of rotatable bonds is 5. The molecule has 0 radical (unpaired) electrons. The van der Waals surface area contributed by atoms with Gasteiger partial charge in [0, 0.05) is 35.1 Å². The standard InChI is InChI=1S/C44H46N4/c1-44(23-10-3-11-24-44)43-47-41(29-12-4-2-5-13-29)46-42(48-43)33-18-20-35(31-19-21-40-32(26-31)22-25-45-40)38(28-33)39-27-30-14-6-7-15-34(30)36-16-8-9-17-37(36)39/h2-8,10-16,18-23,25,28,30-31,34,39,41-43,45-48H,9,17,24,26-27H2,1H3. The van der Waals surface area contributed by atoms with Crippen LogP contribution in [0.2, 0.25) is 0 Å². The number of fused-ring (bicyclic) bond motifs is 3. The SMILES string of the molecule is CC1(C2NC(c3ccccc3)NC(c3ccc(C4C=Cc5[nH]ccc5C4)c(C4CC5C=CC=CC5C5=C4CCC=C5)c3)N2)C=CC=CC1. The van der Waals surface area contributed by atoms with Gasteiger partial charge in [-0.25, -0.2) is 0 Å². The summed E-state index contributed by atoms with van der Waals surface area (Å²) >= 11 is 0. The fourth-order valence-electron chi connectivity index (χ4n) is 9.25. The minimum Gasteiger partial charge on any atom is -0.361 e. The molecule has 4 N–H and O–H groups in total. The smallest absolute Gasteiger partial charge is 0.0862 e. The molecule has 8 atom stereocenters. The van der Waals surface area contributed by atoms with Crippen molar-refractivity contribution in [1.29, 1.82) is 0 Å². The Bertz CT molecular complexity index is 1900. The van der Waals surface area contributed by atoms with E-state index < -0.39 is 0 Å². The Labute approximate surface area is 285 Å². The summed E-state index contributed by atoms with van der Waals surface area (Å²) in [7, 11) is 0. The van der Waals surface area contributed by atoms with Gasteiger partial charge in [0.2, 0.25) is 0 Å². The lowest BCUT2D eigenvalue weighted by Gasteiger charge is -2.47. The van der Waals surface area contributed by atoms with Gasteiger partial charge in [0.15, 0.2) is 0 Å². The van der Waals surface area contributed by atoms with Crippen molar-refractivity contribution in [3.05, 3.63) is 172 Å². The van der Waals surface area contributed by atoms with Crippen LogP contribution >= 0.6 is 0 Å². The summed E-state index contributed by atoms with van der Waals surface area (Å²) in [6.07, 6.45) is 35.8. The molecule has 5 aliphatic carbocycles. The van der Waals surface area contributed by atoms with Gasteiger partial charge in [0.25, 0.3) is 0 Å². The Kier molecular flexibility index (Phi) is 7.68. The fourth-order valence-corrected chi connectivity index (χ4v) is 9.25. The van der Waals surface area contributed by atoms with Crippen molar-refractivity contribution in [1.82, 2.24) is 20.9 Å². The molecule has 8 unspecified atom stereocenters. The zero-order chi connectivity index (χ0) is 32.1. The van der Waals surface area contributed by atoms with Crippen molar-refractivity contribution >= 4 is 6.08 Å². The van der Waals surface area contributed by atoms with Crippen molar-refractivity contribution in [2.45, 2.75) is 69.4 Å². The first-order chi connectivity index (χ1) is 23.6. The maximum atomic E-state index is 4.05. The molecular formula is C44H46N4. The molecule has 4 heteroatoms. The maximum absolute atomic E-state index is 4.05. The Morgan fingerprint density at radius 1 is 0.771 bits per heavy atom. The van der Waals surface area contributed by atoms with E-state index in [1.54, 1.807) is 11.1 Å². The molecule has 1 fully saturated rings. The van der Waals surface area contributed by atoms with Crippen LogP contribution in [0.4, 0.5) is 0 Å². The number of hydrogen-bond donors (Lipinski definition) is 4. The molecule has 4 nitrogen and oxygen atoms in total. The van der Waals surface area contributed by atoms with Gasteiger partial charge in [-0.3, -0.25) is 16.0 Å². The quantitative estimate of drug-likeness (QED) is 0.227. The number of nitrogens with one attached hydrogen (secondary N) is 4. The van der Waals surface area contributed by atoms with Gasteiger partial charge in [0.1, 0.15) is 0 Å². The number of benzene rings is 2. The normalized spacial score (nSPS) is 33.4. The minimum atomic E-state index is -0.0422. The van der Waals surface area contributed by atoms with Crippen molar-refractivity contribution in [3.63, 3.8) is 0 Å². The molecule has 242 valence electrons. The molecule has 0 bridgehead atoms. The second-order valence-electron chi connectivity index (χ2n) is 14.9. The third-order valence-electron chi connectivity index (χ3n) is 11.9. The van der Waals surface area contributed by atoms with Crippen LogP contribution in [-0.2, 0) is 6.42 Å². The van der Waals surface area contributed by atoms with E-state index in [-0.39, 0.29) is 23.9 Å². The topological polar surface area (TPSA) is 51.9 Å². The number of allylic oxidation sites excluding steroid dienone is 12. The van der Waals surface area contributed by atoms with E-state index in [1.165, 1.54) is 33.5 Å². The lowest BCUT2D eigenvalue weighted by molar-refractivity contribution is 0.123. The van der Waals surface area contributed by atoms with E-state index in [4.69, 9.17) is 0 Å². The van der Waals surface area contributed by atoms with Crippen LogP contribution in [0.1, 0.15) is 90.3 Å². The van der Waals surface area contributed by atoms with Crippen LogP contribution in [0.3, 0.4) is 0 Å². The van der Waals surface area contributed by atoms with Gasteiger partial charge in [-0.15, -0.1) is 0 Å². The molecule has 3 aromatic rings. The number of H-pyrrole nitrogens is 1. The van der Waals surface area contributed by atoms with E-state index in [2.05, 4.69) is 162 Å². The molecular weight excluding hydrogens is 585 g/mol. The molecule has 0 spiro atoms. The molecule has 6 aliphatic rings. The summed E-state index contributed by atoms with van der Waals surface area (Å²) in [5, 5.41) is 12.0. The van der Waals surface area contributed by atoms with E-state index >= 15 is 0 Å². The molecule has 9 rings (SSSR count). The van der Waals surface area contributed by atoms with Crippen LogP contribution < -0.4 is 16.0 Å². The fraction of sp³-hybridized carbons (Fsp3) is 0.318. The summed E-state index contributed by atoms with van der Waals surface area (Å²) in [6, 6.07) is 20.6. The third kappa shape index (κ3) is 5.37. The van der Waals surface area contributed by atoms with Crippen LogP contribution in [0.25, 0.3) is 6.08 Å². The highest BCUT2D eigenvalue weighted by molar-refractivity contribution is 5.58. The molecule has 2 heterocycles. The molecule has 2 aromatic carbocycles. The van der Waals surface area contributed by atoms with Gasteiger partial charge in [-0.1, -0.05) is 128 Å². The summed E-state index contributed by atoms with van der Waals surface area (Å²) in [5.74, 6) is 1.80. The highest BCUT2D eigenvalue weighted by Gasteiger charge is 2.41. The largest absolute Gasteiger partial charge is 0.361 e. The molecule has 48 heavy (non-hydrogen) atoms. The summed E-state index contributed by atoms with van der Waals surface area (Å²) in [6.45, 7) is 2.37. The Morgan fingerprint density at radius 3 is 2.52 bits per heavy atom. The second kappa shape index (κ2) is 12.3. The van der Waals surface area contributed by atoms with Crippen LogP contribution in [0.5, 0.6) is 0 Å². The average molecular weight is 631 g/mol. The van der Waals surface area contributed by atoms with Crippen LogP contribution in [0.15, 0.2) is 139 Å². The predicted molar refractivity (Wildman–Crippen MR) is 197 cm³/mol. The molecule has 1 aliphatic heterocycles. The number of aromatic nitrogens is 1. The van der Waals surface area contributed by atoms with E-state index in [9.17, 15) is 0 Å². The van der Waals surface area contributed by atoms with Crippen molar-refractivity contribution in [3.8, 4) is 0 Å². The first-order valence-electron chi connectivity index (χ1n) is 18.0. The summed E-state index contributed by atoms with van der Waals surface area (Å²) < 4.78 is 0. The first kappa shape index (κ1) is 29.9. The lowest BCUT2D eigenvalue weighted by Crippen LogP contribution is -2.64. The highest BCUT2D eigenvalue weighted by Crippen LogP contribution is 2.51. The zero-order valence-corrected chi connectivity index (χ0v) is 27.8. The van der Waals surface area contributed by atoms with Crippen LogP contribution in [-0.4, -0.2) is 11.1 Å². The molecule has 0 amide bonds. The van der Waals surface area contributed by atoms with Gasteiger partial charge in [-0.2, -0.15) is 0 Å². The van der Waals surface area contributed by atoms with Crippen molar-refractivity contribution in [2.24, 2.45) is 17.3 Å². The van der Waals surface area contributed by atoms with Gasteiger partial charge >= 0.3 is 0 Å². The van der Waals surface area contributed by atoms with Gasteiger partial charge < -0.3 is 4.98 Å². The van der Waals surface area contributed by atoms with E-state index in [1.807, 2.05) is 0 Å². The van der Waals surface area contributed by atoms with Gasteiger partial charge in [0.05, 0.1) is 18.5 Å². The van der Waals surface area contributed by atoms with E-state index in [0.29, 0.717) is 23.7 Å². The monoisotopic (exact) mass is 630 g/mol. The third-order valence-corrected chi connectivity index (χ3v) is 11.9. The van der Waals surface area contributed by atoms with Gasteiger partial charge in [-0.05, 0) is 83.6 Å². The first-order valence-corrected chi connectivity index (χ1v) is 18.0. The Hall–Kier alpha value is -4.22. The summed E-state index contributed by atoms with van der Waals surface area (Å²) in [4.78, 5) is 3.43. The van der Waals surface area contributed by atoms with Crippen LogP contribution in [0, 0.1) is 17.3 Å². The summed E-state index contributed by atoms with van der Waals surface area (Å²) in [5.41, 5.74) is 11.4. The number of hydrogen-bond acceptors (Lipinski definition) is 3. The minimum absolute atomic E-state index is 0.00267.